The normalized spacial score (nSPS) is 18.3. The summed E-state index contributed by atoms with van der Waals surface area (Å²) in [5.41, 5.74) is 0. The van der Waals surface area contributed by atoms with Gasteiger partial charge < -0.3 is 10.1 Å². The standard InChI is InChI=1S/C19H30N2O2S/c1-15(2)13-17(21-9-11-23-12-10-21)14-20-19(22)16(3)24-18-7-5-4-6-8-18/h4-8,15-17H,9-14H2,1-3H3,(H,20,22)/t16-,17-/m1/s1. The van der Waals surface area contributed by atoms with E-state index in [2.05, 4.69) is 24.1 Å². The second-order valence-corrected chi connectivity index (χ2v) is 8.16. The van der Waals surface area contributed by atoms with Gasteiger partial charge >= 0.3 is 0 Å². The zero-order valence-corrected chi connectivity index (χ0v) is 15.8. The minimum atomic E-state index is -0.0863. The highest BCUT2D eigenvalue weighted by Gasteiger charge is 2.23. The molecule has 0 aliphatic carbocycles. The monoisotopic (exact) mass is 350 g/mol. The van der Waals surface area contributed by atoms with Gasteiger partial charge in [0.25, 0.3) is 0 Å². The fraction of sp³-hybridized carbons (Fsp3) is 0.632. The number of carbonyl (C=O) groups excluding carboxylic acids is 1. The largest absolute Gasteiger partial charge is 0.379 e. The lowest BCUT2D eigenvalue weighted by atomic mass is 10.0. The summed E-state index contributed by atoms with van der Waals surface area (Å²) in [6, 6.07) is 10.5. The quantitative estimate of drug-likeness (QED) is 0.732. The van der Waals surface area contributed by atoms with E-state index < -0.39 is 0 Å². The van der Waals surface area contributed by atoms with Crippen LogP contribution in [0, 0.1) is 5.92 Å². The van der Waals surface area contributed by atoms with Crippen LogP contribution in [-0.2, 0) is 9.53 Å². The Labute approximate surface area is 150 Å². The van der Waals surface area contributed by atoms with Crippen molar-refractivity contribution < 1.29 is 9.53 Å². The smallest absolute Gasteiger partial charge is 0.233 e. The summed E-state index contributed by atoms with van der Waals surface area (Å²) in [5, 5.41) is 3.08. The molecular weight excluding hydrogens is 320 g/mol. The average Bonchev–Trinajstić information content (AvgIpc) is 2.59. The van der Waals surface area contributed by atoms with E-state index in [9.17, 15) is 4.79 Å². The number of carbonyl (C=O) groups is 1. The van der Waals surface area contributed by atoms with Crippen molar-refractivity contribution >= 4 is 17.7 Å². The molecule has 1 aromatic rings. The highest BCUT2D eigenvalue weighted by molar-refractivity contribution is 8.00. The van der Waals surface area contributed by atoms with Crippen molar-refractivity contribution in [2.24, 2.45) is 5.92 Å². The fourth-order valence-corrected chi connectivity index (χ4v) is 3.88. The van der Waals surface area contributed by atoms with Crippen LogP contribution in [0.25, 0.3) is 0 Å². The summed E-state index contributed by atoms with van der Waals surface area (Å²) < 4.78 is 5.45. The third-order valence-electron chi connectivity index (χ3n) is 4.24. The Kier molecular flexibility index (Phi) is 8.09. The molecular formula is C19H30N2O2S. The van der Waals surface area contributed by atoms with Crippen LogP contribution in [0.4, 0.5) is 0 Å². The molecule has 4 nitrogen and oxygen atoms in total. The molecule has 1 saturated heterocycles. The van der Waals surface area contributed by atoms with Crippen LogP contribution in [0.3, 0.4) is 0 Å². The number of hydrogen-bond donors (Lipinski definition) is 1. The van der Waals surface area contributed by atoms with Crippen molar-refractivity contribution in [1.29, 1.82) is 0 Å². The van der Waals surface area contributed by atoms with Crippen LogP contribution in [0.15, 0.2) is 35.2 Å². The lowest BCUT2D eigenvalue weighted by Gasteiger charge is -2.35. The van der Waals surface area contributed by atoms with Gasteiger partial charge in [-0.3, -0.25) is 9.69 Å². The minimum absolute atomic E-state index is 0.0863. The molecule has 0 aromatic heterocycles. The number of rotatable bonds is 8. The third kappa shape index (κ3) is 6.46. The maximum atomic E-state index is 12.4. The van der Waals surface area contributed by atoms with Gasteiger partial charge in [-0.1, -0.05) is 32.0 Å². The van der Waals surface area contributed by atoms with Crippen LogP contribution in [0.1, 0.15) is 27.2 Å². The highest BCUT2D eigenvalue weighted by atomic mass is 32.2. The van der Waals surface area contributed by atoms with Gasteiger partial charge in [0.05, 0.1) is 18.5 Å². The van der Waals surface area contributed by atoms with Gasteiger partial charge in [0.1, 0.15) is 0 Å². The predicted molar refractivity (Wildman–Crippen MR) is 100 cm³/mol. The first-order valence-electron chi connectivity index (χ1n) is 8.87. The molecule has 2 atom stereocenters. The van der Waals surface area contributed by atoms with E-state index in [1.807, 2.05) is 37.3 Å². The summed E-state index contributed by atoms with van der Waals surface area (Å²) in [6.45, 7) is 10.7. The van der Waals surface area contributed by atoms with Crippen LogP contribution < -0.4 is 5.32 Å². The molecule has 1 amide bonds. The number of benzene rings is 1. The number of hydrogen-bond acceptors (Lipinski definition) is 4. The van der Waals surface area contributed by atoms with Crippen molar-refractivity contribution in [2.45, 2.75) is 43.4 Å². The Morgan fingerprint density at radius 2 is 1.88 bits per heavy atom. The first-order chi connectivity index (χ1) is 11.6. The molecule has 1 aromatic carbocycles. The molecule has 24 heavy (non-hydrogen) atoms. The summed E-state index contributed by atoms with van der Waals surface area (Å²) in [5.74, 6) is 0.733. The second kappa shape index (κ2) is 10.1. The van der Waals surface area contributed by atoms with Gasteiger partial charge in [0.2, 0.25) is 5.91 Å². The Morgan fingerprint density at radius 3 is 2.50 bits per heavy atom. The second-order valence-electron chi connectivity index (χ2n) is 6.75. The van der Waals surface area contributed by atoms with Crippen LogP contribution in [0.5, 0.6) is 0 Å². The Balaban J connectivity index is 1.84. The molecule has 0 bridgehead atoms. The van der Waals surface area contributed by atoms with Gasteiger partial charge in [0, 0.05) is 30.6 Å². The van der Waals surface area contributed by atoms with Crippen molar-refractivity contribution in [1.82, 2.24) is 10.2 Å². The van der Waals surface area contributed by atoms with E-state index in [1.165, 1.54) is 0 Å². The fourth-order valence-electron chi connectivity index (χ4n) is 2.97. The van der Waals surface area contributed by atoms with E-state index in [-0.39, 0.29) is 11.2 Å². The highest BCUT2D eigenvalue weighted by Crippen LogP contribution is 2.22. The van der Waals surface area contributed by atoms with E-state index in [0.29, 0.717) is 12.0 Å². The molecule has 134 valence electrons. The molecule has 0 saturated carbocycles. The van der Waals surface area contributed by atoms with Gasteiger partial charge in [0.15, 0.2) is 0 Å². The van der Waals surface area contributed by atoms with E-state index >= 15 is 0 Å². The van der Waals surface area contributed by atoms with Gasteiger partial charge in [-0.05, 0) is 31.4 Å². The molecule has 1 aliphatic heterocycles. The molecule has 1 N–H and O–H groups in total. The van der Waals surface area contributed by atoms with Crippen molar-refractivity contribution in [3.63, 3.8) is 0 Å². The molecule has 0 unspecified atom stereocenters. The lowest BCUT2D eigenvalue weighted by molar-refractivity contribution is -0.120. The maximum Gasteiger partial charge on any atom is 0.233 e. The number of amides is 1. The SMILES string of the molecule is CC(C)C[C@H](CNC(=O)[C@@H](C)Sc1ccccc1)N1CCOCC1. The average molecular weight is 351 g/mol. The number of nitrogens with one attached hydrogen (secondary N) is 1. The maximum absolute atomic E-state index is 12.4. The van der Waals surface area contributed by atoms with Crippen LogP contribution in [-0.4, -0.2) is 54.9 Å². The minimum Gasteiger partial charge on any atom is -0.379 e. The van der Waals surface area contributed by atoms with Gasteiger partial charge in [-0.15, -0.1) is 11.8 Å². The summed E-state index contributed by atoms with van der Waals surface area (Å²) >= 11 is 1.61. The number of thioether (sulfide) groups is 1. The van der Waals surface area contributed by atoms with Gasteiger partial charge in [-0.2, -0.15) is 0 Å². The third-order valence-corrected chi connectivity index (χ3v) is 5.35. The first-order valence-corrected chi connectivity index (χ1v) is 9.75. The molecule has 1 aliphatic rings. The predicted octanol–water partition coefficient (Wildman–Crippen LogP) is 3.03. The number of morpholine rings is 1. The molecule has 2 rings (SSSR count). The lowest BCUT2D eigenvalue weighted by Crippen LogP contribution is -2.50. The topological polar surface area (TPSA) is 41.6 Å². The molecule has 1 heterocycles. The summed E-state index contributed by atoms with van der Waals surface area (Å²) in [7, 11) is 0. The summed E-state index contributed by atoms with van der Waals surface area (Å²) in [4.78, 5) is 16.0. The van der Waals surface area contributed by atoms with Crippen LogP contribution >= 0.6 is 11.8 Å². The van der Waals surface area contributed by atoms with Crippen molar-refractivity contribution in [3.8, 4) is 0 Å². The van der Waals surface area contributed by atoms with E-state index in [1.54, 1.807) is 11.8 Å². The van der Waals surface area contributed by atoms with Crippen molar-refractivity contribution in [3.05, 3.63) is 30.3 Å². The van der Waals surface area contributed by atoms with Crippen molar-refractivity contribution in [2.75, 3.05) is 32.8 Å². The molecule has 5 heteroatoms. The zero-order chi connectivity index (χ0) is 17.4. The Morgan fingerprint density at radius 1 is 1.21 bits per heavy atom. The molecule has 0 radical (unpaired) electrons. The van der Waals surface area contributed by atoms with E-state index in [0.717, 1.165) is 44.2 Å². The molecule has 0 spiro atoms. The number of nitrogens with zero attached hydrogens (tertiary/aromatic N) is 1. The zero-order valence-electron chi connectivity index (χ0n) is 15.0. The van der Waals surface area contributed by atoms with E-state index in [4.69, 9.17) is 4.74 Å². The Bertz CT molecular complexity index is 489. The number of ether oxygens (including phenoxy) is 1. The summed E-state index contributed by atoms with van der Waals surface area (Å²) in [6.07, 6.45) is 1.10. The first kappa shape index (κ1) is 19.3. The molecule has 1 fully saturated rings. The van der Waals surface area contributed by atoms with Crippen LogP contribution in [0.2, 0.25) is 0 Å². The Hall–Kier alpha value is -1.04. The van der Waals surface area contributed by atoms with Gasteiger partial charge in [-0.25, -0.2) is 0 Å².